The first-order valence-corrected chi connectivity index (χ1v) is 8.85. The maximum absolute atomic E-state index is 15.6. The summed E-state index contributed by atoms with van der Waals surface area (Å²) in [7, 11) is 0. The van der Waals surface area contributed by atoms with E-state index in [1.165, 1.54) is 0 Å². The van der Waals surface area contributed by atoms with Gasteiger partial charge in [0.15, 0.2) is 0 Å². The molecule has 3 rings (SSSR count). The van der Waals surface area contributed by atoms with Crippen LogP contribution >= 0.6 is 0 Å². The van der Waals surface area contributed by atoms with Gasteiger partial charge in [-0.2, -0.15) is 79.0 Å². The van der Waals surface area contributed by atoms with Crippen LogP contribution in [-0.2, 0) is 0 Å². The van der Waals surface area contributed by atoms with Crippen molar-refractivity contribution in [2.75, 3.05) is 0 Å². The van der Waals surface area contributed by atoms with E-state index in [1.807, 2.05) is 0 Å². The van der Waals surface area contributed by atoms with Gasteiger partial charge in [0.1, 0.15) is 0 Å². The summed E-state index contributed by atoms with van der Waals surface area (Å²) in [6, 6.07) is 0. The van der Waals surface area contributed by atoms with Gasteiger partial charge >= 0.3 is 53.3 Å². The van der Waals surface area contributed by atoms with E-state index in [0.29, 0.717) is 0 Å². The van der Waals surface area contributed by atoms with Crippen molar-refractivity contribution in [3.8, 4) is 0 Å². The molecule has 38 heavy (non-hydrogen) atoms. The van der Waals surface area contributed by atoms with Crippen LogP contribution in [0.5, 0.6) is 0 Å². The molecule has 0 bridgehead atoms. The average molecular weight is 620 g/mol. The Hall–Kier alpha value is -1.61. The summed E-state index contributed by atoms with van der Waals surface area (Å²) in [6.45, 7) is -2.15. The maximum atomic E-state index is 15.6. The molecule has 0 aromatic heterocycles. The SMILES string of the molecule is CC1(F)C(F)(F)C2(F)C(F)(F)C(F)(F)C(F)(F)C(F)(F)C2(F)C2(F)C(F)(F)C(F)(F)C(F)(F)C(F)(F)C12F. The van der Waals surface area contributed by atoms with E-state index >= 15 is 17.6 Å². The van der Waals surface area contributed by atoms with E-state index in [2.05, 4.69) is 0 Å². The van der Waals surface area contributed by atoms with E-state index < -0.39 is 88.6 Å². The number of rotatable bonds is 0. The summed E-state index contributed by atoms with van der Waals surface area (Å²) < 4.78 is 330. The predicted octanol–water partition coefficient (Wildman–Crippen LogP) is 7.31. The molecule has 0 spiro atoms. The second-order valence-corrected chi connectivity index (χ2v) is 8.81. The van der Waals surface area contributed by atoms with Gasteiger partial charge in [-0.25, -0.2) is 22.0 Å². The van der Waals surface area contributed by atoms with Crippen molar-refractivity contribution in [2.24, 2.45) is 0 Å². The van der Waals surface area contributed by atoms with Crippen LogP contribution in [0.3, 0.4) is 0 Å². The number of hydrogen-bond acceptors (Lipinski definition) is 0. The lowest BCUT2D eigenvalue weighted by atomic mass is 9.41. The fourth-order valence-electron chi connectivity index (χ4n) is 5.00. The number of fused-ring (bicyclic) bond motifs is 3. The Bertz CT molecular complexity index is 983. The molecule has 224 valence electrons. The van der Waals surface area contributed by atoms with Crippen LogP contribution in [0.2, 0.25) is 0 Å². The molecular weight excluding hydrogens is 617 g/mol. The van der Waals surface area contributed by atoms with Gasteiger partial charge < -0.3 is 0 Å². The average Bonchev–Trinajstić information content (AvgIpc) is 2.72. The molecule has 0 heterocycles. The summed E-state index contributed by atoms with van der Waals surface area (Å²) in [5.41, 5.74) is -44.8. The lowest BCUT2D eigenvalue weighted by Gasteiger charge is -2.71. The van der Waals surface area contributed by atoms with Gasteiger partial charge in [-0.1, -0.05) is 0 Å². The van der Waals surface area contributed by atoms with Crippen molar-refractivity contribution in [3.63, 3.8) is 0 Å². The van der Waals surface area contributed by atoms with Crippen molar-refractivity contribution >= 4 is 0 Å². The predicted molar refractivity (Wildman–Crippen MR) is 69.4 cm³/mol. The number of halogens is 23. The van der Waals surface area contributed by atoms with Crippen LogP contribution in [0.1, 0.15) is 6.92 Å². The summed E-state index contributed by atoms with van der Waals surface area (Å²) in [5.74, 6) is -79.3. The fourth-order valence-corrected chi connectivity index (χ4v) is 5.00. The molecule has 0 aliphatic heterocycles. The van der Waals surface area contributed by atoms with Crippen LogP contribution < -0.4 is 0 Å². The zero-order valence-electron chi connectivity index (χ0n) is 16.7. The topological polar surface area (TPSA) is 0 Å². The van der Waals surface area contributed by atoms with E-state index in [4.69, 9.17) is 0 Å². The highest BCUT2D eigenvalue weighted by Crippen LogP contribution is 2.86. The second-order valence-electron chi connectivity index (χ2n) is 8.81. The largest absolute Gasteiger partial charge is 0.382 e. The van der Waals surface area contributed by atoms with Gasteiger partial charge in [-0.3, -0.25) is 0 Å². The molecule has 3 fully saturated rings. The molecule has 0 amide bonds. The Balaban J connectivity index is 2.86. The molecule has 0 N–H and O–H groups in total. The lowest BCUT2D eigenvalue weighted by molar-refractivity contribution is -0.576. The van der Waals surface area contributed by atoms with E-state index in [1.54, 1.807) is 0 Å². The van der Waals surface area contributed by atoms with Gasteiger partial charge in [0.2, 0.25) is 5.67 Å². The van der Waals surface area contributed by atoms with Crippen LogP contribution in [0.15, 0.2) is 0 Å². The molecule has 0 aromatic carbocycles. The van der Waals surface area contributed by atoms with Gasteiger partial charge in [-0.05, 0) is 6.92 Å². The third kappa shape index (κ3) is 1.89. The molecule has 5 unspecified atom stereocenters. The van der Waals surface area contributed by atoms with Crippen molar-refractivity contribution in [2.45, 2.75) is 88.6 Å². The van der Waals surface area contributed by atoms with E-state index in [-0.39, 0.29) is 0 Å². The summed E-state index contributed by atoms with van der Waals surface area (Å²) >= 11 is 0. The second kappa shape index (κ2) is 6.17. The molecule has 3 aliphatic rings. The number of alkyl halides is 23. The lowest BCUT2D eigenvalue weighted by Crippen LogP contribution is -3.06. The van der Waals surface area contributed by atoms with E-state index in [9.17, 15) is 83.4 Å². The standard InChI is InChI=1S/C15H3F23/c1-2(16)3(17)4(18,9(25,26)13(33,34)12(31,32)8(3,23)24)5(19)6(20,7(2,21)22)11(29,30)15(37,38)14(35,36)10(5,27)28/h1H3. The molecule has 23 heteroatoms. The first-order chi connectivity index (χ1) is 16.0. The van der Waals surface area contributed by atoms with E-state index in [0.717, 1.165) is 0 Å². The van der Waals surface area contributed by atoms with Crippen LogP contribution in [0.25, 0.3) is 0 Å². The molecule has 0 aromatic rings. The first kappa shape index (κ1) is 30.9. The van der Waals surface area contributed by atoms with Gasteiger partial charge in [-0.15, -0.1) is 0 Å². The fraction of sp³-hybridized carbons (Fsp3) is 1.00. The molecule has 0 radical (unpaired) electrons. The Kier molecular flexibility index (Phi) is 5.02. The molecule has 3 saturated carbocycles. The van der Waals surface area contributed by atoms with Crippen LogP contribution in [0.4, 0.5) is 101 Å². The third-order valence-corrected chi connectivity index (χ3v) is 7.19. The third-order valence-electron chi connectivity index (χ3n) is 7.19. The summed E-state index contributed by atoms with van der Waals surface area (Å²) in [4.78, 5) is 0. The van der Waals surface area contributed by atoms with Gasteiger partial charge in [0, 0.05) is 0 Å². The minimum absolute atomic E-state index is 2.15. The Morgan fingerprint density at radius 1 is 0.211 bits per heavy atom. The Morgan fingerprint density at radius 2 is 0.395 bits per heavy atom. The monoisotopic (exact) mass is 620 g/mol. The highest BCUT2D eigenvalue weighted by molar-refractivity contribution is 5.52. The maximum Gasteiger partial charge on any atom is 0.382 e. The minimum Gasteiger partial charge on any atom is -0.233 e. The molecular formula is C15H3F23. The minimum atomic E-state index is -9.53. The van der Waals surface area contributed by atoms with Crippen molar-refractivity contribution in [3.05, 3.63) is 0 Å². The van der Waals surface area contributed by atoms with Gasteiger partial charge in [0.05, 0.1) is 0 Å². The zero-order valence-corrected chi connectivity index (χ0v) is 16.7. The Morgan fingerprint density at radius 3 is 0.658 bits per heavy atom. The summed E-state index contributed by atoms with van der Waals surface area (Å²) in [5, 5.41) is 0. The van der Waals surface area contributed by atoms with Crippen molar-refractivity contribution in [1.82, 2.24) is 0 Å². The summed E-state index contributed by atoms with van der Waals surface area (Å²) in [6.07, 6.45) is 0. The smallest absolute Gasteiger partial charge is 0.233 e. The zero-order chi connectivity index (χ0) is 31.0. The van der Waals surface area contributed by atoms with Crippen LogP contribution in [0, 0.1) is 0 Å². The molecule has 3 aliphatic carbocycles. The first-order valence-electron chi connectivity index (χ1n) is 8.85. The Labute approximate surface area is 191 Å². The normalized spacial score (nSPS) is 49.9. The molecule has 0 saturated heterocycles. The number of hydrogen-bond donors (Lipinski definition) is 0. The van der Waals surface area contributed by atoms with Gasteiger partial charge in [0.25, 0.3) is 22.7 Å². The highest BCUT2D eigenvalue weighted by Gasteiger charge is 3.20. The van der Waals surface area contributed by atoms with Crippen LogP contribution in [-0.4, -0.2) is 81.6 Å². The van der Waals surface area contributed by atoms with Crippen molar-refractivity contribution < 1.29 is 101 Å². The quantitative estimate of drug-likeness (QED) is 0.250. The highest BCUT2D eigenvalue weighted by atomic mass is 19.4. The van der Waals surface area contributed by atoms with Crippen molar-refractivity contribution in [1.29, 1.82) is 0 Å². The molecule has 0 nitrogen and oxygen atoms in total. The molecule has 5 atom stereocenters.